The first kappa shape index (κ1) is 14.7. The molecule has 110 valence electrons. The van der Waals surface area contributed by atoms with Crippen LogP contribution < -0.4 is 5.32 Å². The summed E-state index contributed by atoms with van der Waals surface area (Å²) in [7, 11) is 0. The van der Waals surface area contributed by atoms with Crippen molar-refractivity contribution in [3.05, 3.63) is 0 Å². The minimum Gasteiger partial charge on any atom is -0.372 e. The van der Waals surface area contributed by atoms with E-state index in [4.69, 9.17) is 4.74 Å². The monoisotopic (exact) mass is 272 g/mol. The van der Waals surface area contributed by atoms with Gasteiger partial charge in [-0.2, -0.15) is 0 Å². The number of nitrogens with zero attached hydrogens (tertiary/aromatic N) is 1. The van der Waals surface area contributed by atoms with E-state index < -0.39 is 6.17 Å². The molecule has 0 radical (unpaired) electrons. The van der Waals surface area contributed by atoms with Crippen molar-refractivity contribution in [3.63, 3.8) is 0 Å². The lowest BCUT2D eigenvalue weighted by molar-refractivity contribution is -0.141. The highest BCUT2D eigenvalue weighted by Gasteiger charge is 2.35. The number of alkyl halides is 1. The fraction of sp³-hybridized carbons (Fsp3) is 0.929. The highest BCUT2D eigenvalue weighted by Crippen LogP contribution is 2.20. The third-order valence-electron chi connectivity index (χ3n) is 3.85. The van der Waals surface area contributed by atoms with Gasteiger partial charge in [-0.15, -0.1) is 0 Å². The molecule has 0 bridgehead atoms. The molecule has 2 aliphatic heterocycles. The Morgan fingerprint density at radius 2 is 2.16 bits per heavy atom. The smallest absolute Gasteiger partial charge is 0.239 e. The van der Waals surface area contributed by atoms with E-state index in [-0.39, 0.29) is 30.7 Å². The fourth-order valence-electron chi connectivity index (χ4n) is 2.87. The number of hydrogen-bond donors (Lipinski definition) is 1. The number of likely N-dealkylation sites (tertiary alicyclic amines) is 1. The molecular weight excluding hydrogens is 247 g/mol. The summed E-state index contributed by atoms with van der Waals surface area (Å²) in [6, 6.07) is -0.108. The van der Waals surface area contributed by atoms with Gasteiger partial charge in [-0.3, -0.25) is 4.79 Å². The van der Waals surface area contributed by atoms with Gasteiger partial charge in [0.15, 0.2) is 0 Å². The summed E-state index contributed by atoms with van der Waals surface area (Å²) in [6.45, 7) is 5.50. The van der Waals surface area contributed by atoms with Gasteiger partial charge in [-0.05, 0) is 39.7 Å². The zero-order valence-corrected chi connectivity index (χ0v) is 11.9. The SMILES string of the molecule is CC(C)O[C@H]1CCN(C(=O)[C@H]2CCCCN2)C[C@H]1F. The van der Waals surface area contributed by atoms with Crippen LogP contribution in [0.5, 0.6) is 0 Å². The Morgan fingerprint density at radius 3 is 2.74 bits per heavy atom. The van der Waals surface area contributed by atoms with Gasteiger partial charge in [0, 0.05) is 6.54 Å². The second-order valence-electron chi connectivity index (χ2n) is 5.81. The van der Waals surface area contributed by atoms with Gasteiger partial charge in [0.2, 0.25) is 5.91 Å². The largest absolute Gasteiger partial charge is 0.372 e. The molecule has 4 nitrogen and oxygen atoms in total. The number of amides is 1. The summed E-state index contributed by atoms with van der Waals surface area (Å²) >= 11 is 0. The molecule has 2 aliphatic rings. The first-order valence-corrected chi connectivity index (χ1v) is 7.39. The van der Waals surface area contributed by atoms with E-state index in [1.807, 2.05) is 13.8 Å². The zero-order valence-electron chi connectivity index (χ0n) is 11.9. The average Bonchev–Trinajstić information content (AvgIpc) is 2.41. The quantitative estimate of drug-likeness (QED) is 0.846. The highest BCUT2D eigenvalue weighted by molar-refractivity contribution is 5.82. The molecule has 1 N–H and O–H groups in total. The van der Waals surface area contributed by atoms with Crippen molar-refractivity contribution < 1.29 is 13.9 Å². The van der Waals surface area contributed by atoms with Crippen LogP contribution in [0.1, 0.15) is 39.5 Å². The fourth-order valence-corrected chi connectivity index (χ4v) is 2.87. The maximum Gasteiger partial charge on any atom is 0.239 e. The minimum absolute atomic E-state index is 0.0329. The van der Waals surface area contributed by atoms with Crippen LogP contribution in [0.2, 0.25) is 0 Å². The van der Waals surface area contributed by atoms with E-state index in [1.54, 1.807) is 4.90 Å². The molecule has 0 saturated carbocycles. The number of halogens is 1. The maximum absolute atomic E-state index is 14.0. The molecule has 0 aromatic carbocycles. The summed E-state index contributed by atoms with van der Waals surface area (Å²) in [5.41, 5.74) is 0. The number of nitrogens with one attached hydrogen (secondary N) is 1. The number of carbonyl (C=O) groups excluding carboxylic acids is 1. The van der Waals surface area contributed by atoms with Crippen molar-refractivity contribution in [2.45, 2.75) is 64.0 Å². The predicted octanol–water partition coefficient (Wildman–Crippen LogP) is 1.49. The third-order valence-corrected chi connectivity index (χ3v) is 3.85. The summed E-state index contributed by atoms with van der Waals surface area (Å²) in [5, 5.41) is 3.23. The molecule has 0 spiro atoms. The van der Waals surface area contributed by atoms with Crippen LogP contribution in [-0.2, 0) is 9.53 Å². The van der Waals surface area contributed by atoms with Crippen LogP contribution in [0.4, 0.5) is 4.39 Å². The third kappa shape index (κ3) is 3.89. The Morgan fingerprint density at radius 1 is 1.37 bits per heavy atom. The number of piperidine rings is 2. The first-order valence-electron chi connectivity index (χ1n) is 7.39. The average molecular weight is 272 g/mol. The van der Waals surface area contributed by atoms with E-state index in [0.29, 0.717) is 13.0 Å². The molecule has 2 fully saturated rings. The summed E-state index contributed by atoms with van der Waals surface area (Å²) < 4.78 is 19.6. The van der Waals surface area contributed by atoms with Crippen molar-refractivity contribution in [1.82, 2.24) is 10.2 Å². The van der Waals surface area contributed by atoms with Crippen molar-refractivity contribution >= 4 is 5.91 Å². The molecule has 0 aromatic rings. The van der Waals surface area contributed by atoms with E-state index in [0.717, 1.165) is 25.8 Å². The molecule has 1 amide bonds. The van der Waals surface area contributed by atoms with Crippen molar-refractivity contribution in [2.24, 2.45) is 0 Å². The molecule has 3 atom stereocenters. The van der Waals surface area contributed by atoms with Crippen LogP contribution in [0.3, 0.4) is 0 Å². The van der Waals surface area contributed by atoms with Gasteiger partial charge in [-0.1, -0.05) is 6.42 Å². The standard InChI is InChI=1S/C14H25FN2O2/c1-10(2)19-13-6-8-17(9-11(13)15)14(18)12-5-3-4-7-16-12/h10-13,16H,3-9H2,1-2H3/t11-,12-,13+/m1/s1. The summed E-state index contributed by atoms with van der Waals surface area (Å²) in [5.74, 6) is 0.0605. The van der Waals surface area contributed by atoms with Crippen LogP contribution >= 0.6 is 0 Å². The number of rotatable bonds is 3. The summed E-state index contributed by atoms with van der Waals surface area (Å²) in [6.07, 6.45) is 2.28. The molecule has 2 heterocycles. The Hall–Kier alpha value is -0.680. The lowest BCUT2D eigenvalue weighted by Crippen LogP contribution is -2.54. The van der Waals surface area contributed by atoms with Gasteiger partial charge in [-0.25, -0.2) is 4.39 Å². The molecule has 0 unspecified atom stereocenters. The van der Waals surface area contributed by atoms with Crippen LogP contribution in [0, 0.1) is 0 Å². The van der Waals surface area contributed by atoms with Gasteiger partial charge < -0.3 is 15.0 Å². The van der Waals surface area contributed by atoms with Crippen molar-refractivity contribution in [3.8, 4) is 0 Å². The molecule has 19 heavy (non-hydrogen) atoms. The Labute approximate surface area is 114 Å². The van der Waals surface area contributed by atoms with E-state index in [2.05, 4.69) is 5.32 Å². The van der Waals surface area contributed by atoms with Crippen LogP contribution in [0.15, 0.2) is 0 Å². The maximum atomic E-state index is 14.0. The topological polar surface area (TPSA) is 41.6 Å². The molecular formula is C14H25FN2O2. The lowest BCUT2D eigenvalue weighted by atomic mass is 10.0. The van der Waals surface area contributed by atoms with Crippen LogP contribution in [-0.4, -0.2) is 54.9 Å². The Kier molecular flexibility index (Phi) is 5.16. The molecule has 0 aromatic heterocycles. The predicted molar refractivity (Wildman–Crippen MR) is 71.7 cm³/mol. The van der Waals surface area contributed by atoms with E-state index >= 15 is 0 Å². The molecule has 5 heteroatoms. The molecule has 2 saturated heterocycles. The number of carbonyl (C=O) groups is 1. The van der Waals surface area contributed by atoms with Gasteiger partial charge in [0.05, 0.1) is 24.8 Å². The molecule has 0 aliphatic carbocycles. The second-order valence-corrected chi connectivity index (χ2v) is 5.81. The first-order chi connectivity index (χ1) is 9.08. The number of ether oxygens (including phenoxy) is 1. The van der Waals surface area contributed by atoms with Gasteiger partial charge >= 0.3 is 0 Å². The zero-order chi connectivity index (χ0) is 13.8. The normalized spacial score (nSPS) is 32.6. The molecule has 2 rings (SSSR count). The Bertz CT molecular complexity index is 306. The van der Waals surface area contributed by atoms with E-state index in [1.165, 1.54) is 0 Å². The van der Waals surface area contributed by atoms with Gasteiger partial charge in [0.1, 0.15) is 6.17 Å². The number of hydrogen-bond acceptors (Lipinski definition) is 3. The minimum atomic E-state index is -1.07. The highest BCUT2D eigenvalue weighted by atomic mass is 19.1. The van der Waals surface area contributed by atoms with Crippen molar-refractivity contribution in [1.29, 1.82) is 0 Å². The van der Waals surface area contributed by atoms with Crippen LogP contribution in [0.25, 0.3) is 0 Å². The Balaban J connectivity index is 1.85. The second kappa shape index (κ2) is 6.66. The van der Waals surface area contributed by atoms with Gasteiger partial charge in [0.25, 0.3) is 0 Å². The summed E-state index contributed by atoms with van der Waals surface area (Å²) in [4.78, 5) is 13.9. The van der Waals surface area contributed by atoms with Crippen molar-refractivity contribution in [2.75, 3.05) is 19.6 Å². The lowest BCUT2D eigenvalue weighted by Gasteiger charge is -2.37. The van der Waals surface area contributed by atoms with E-state index in [9.17, 15) is 9.18 Å².